The summed E-state index contributed by atoms with van der Waals surface area (Å²) in [6.07, 6.45) is 2.09. The van der Waals surface area contributed by atoms with Gasteiger partial charge in [0, 0.05) is 18.5 Å². The first kappa shape index (κ1) is 16.9. The van der Waals surface area contributed by atoms with Gasteiger partial charge in [-0.25, -0.2) is 0 Å². The van der Waals surface area contributed by atoms with Crippen molar-refractivity contribution in [2.45, 2.75) is 32.3 Å². The zero-order valence-corrected chi connectivity index (χ0v) is 14.2. The fourth-order valence-electron chi connectivity index (χ4n) is 3.21. The van der Waals surface area contributed by atoms with Crippen LogP contribution in [0.25, 0.3) is 10.9 Å². The Morgan fingerprint density at radius 1 is 1.42 bits per heavy atom. The molecule has 0 aliphatic carbocycles. The highest BCUT2D eigenvalue weighted by atomic mass is 16.3. The number of hydrogen-bond acceptors (Lipinski definition) is 4. The molecule has 6 nitrogen and oxygen atoms in total. The van der Waals surface area contributed by atoms with Gasteiger partial charge in [0.1, 0.15) is 0 Å². The van der Waals surface area contributed by atoms with Gasteiger partial charge < -0.3 is 15.3 Å². The standard InChI is InChI=1S/C18H26N4O2/c1-13-6-8-22(9-7-13)12-14(23)11-19-18(24)10-17-15-4-2-3-5-16(15)20-21-17/h2-5,13-14,23H,6-12H2,1H3,(H,19,24)(H,20,21). The molecule has 1 aliphatic heterocycles. The highest BCUT2D eigenvalue weighted by Crippen LogP contribution is 2.16. The zero-order chi connectivity index (χ0) is 16.9. The van der Waals surface area contributed by atoms with E-state index in [0.29, 0.717) is 6.54 Å². The van der Waals surface area contributed by atoms with Crippen molar-refractivity contribution in [1.82, 2.24) is 20.4 Å². The van der Waals surface area contributed by atoms with Crippen molar-refractivity contribution in [2.75, 3.05) is 26.2 Å². The SMILES string of the molecule is CC1CCN(CC(O)CNC(=O)Cc2[nH]nc3ccccc23)CC1. The minimum atomic E-state index is -0.527. The molecule has 2 aromatic rings. The summed E-state index contributed by atoms with van der Waals surface area (Å²) in [6.45, 7) is 5.25. The van der Waals surface area contributed by atoms with E-state index in [9.17, 15) is 9.90 Å². The van der Waals surface area contributed by atoms with Crippen molar-refractivity contribution in [3.05, 3.63) is 30.0 Å². The minimum Gasteiger partial charge on any atom is -0.390 e. The molecule has 1 unspecified atom stereocenters. The van der Waals surface area contributed by atoms with E-state index in [4.69, 9.17) is 0 Å². The second-order valence-corrected chi connectivity index (χ2v) is 6.84. The molecule has 0 radical (unpaired) electrons. The Balaban J connectivity index is 1.43. The number of aliphatic hydroxyl groups excluding tert-OH is 1. The summed E-state index contributed by atoms with van der Waals surface area (Å²) in [4.78, 5) is 14.4. The number of amides is 1. The van der Waals surface area contributed by atoms with Crippen molar-refractivity contribution in [1.29, 1.82) is 0 Å². The van der Waals surface area contributed by atoms with Crippen LogP contribution in [0.3, 0.4) is 0 Å². The number of benzene rings is 1. The molecular formula is C18H26N4O2. The number of aliphatic hydroxyl groups is 1. The second-order valence-electron chi connectivity index (χ2n) is 6.84. The molecule has 0 spiro atoms. The highest BCUT2D eigenvalue weighted by molar-refractivity contribution is 5.87. The van der Waals surface area contributed by atoms with Gasteiger partial charge in [-0.1, -0.05) is 25.1 Å². The van der Waals surface area contributed by atoms with E-state index in [1.165, 1.54) is 12.8 Å². The highest BCUT2D eigenvalue weighted by Gasteiger charge is 2.18. The van der Waals surface area contributed by atoms with Gasteiger partial charge in [0.2, 0.25) is 5.91 Å². The zero-order valence-electron chi connectivity index (χ0n) is 14.2. The Labute approximate surface area is 142 Å². The smallest absolute Gasteiger partial charge is 0.226 e. The third-order valence-electron chi connectivity index (χ3n) is 4.76. The van der Waals surface area contributed by atoms with E-state index in [2.05, 4.69) is 27.3 Å². The molecule has 1 amide bonds. The summed E-state index contributed by atoms with van der Waals surface area (Å²) in [5.74, 6) is 0.679. The fraction of sp³-hybridized carbons (Fsp3) is 0.556. The number of aromatic amines is 1. The van der Waals surface area contributed by atoms with Gasteiger partial charge >= 0.3 is 0 Å². The Morgan fingerprint density at radius 3 is 2.96 bits per heavy atom. The molecule has 1 aromatic carbocycles. The van der Waals surface area contributed by atoms with Crippen LogP contribution in [0.4, 0.5) is 0 Å². The maximum absolute atomic E-state index is 12.1. The van der Waals surface area contributed by atoms with Crippen molar-refractivity contribution in [2.24, 2.45) is 5.92 Å². The number of rotatable bonds is 6. The molecule has 1 saturated heterocycles. The number of carbonyl (C=O) groups excluding carboxylic acids is 1. The molecule has 1 atom stereocenters. The van der Waals surface area contributed by atoms with Crippen molar-refractivity contribution in [3.63, 3.8) is 0 Å². The minimum absolute atomic E-state index is 0.101. The number of para-hydroxylation sites is 1. The Bertz CT molecular complexity index is 676. The molecule has 1 aliphatic rings. The summed E-state index contributed by atoms with van der Waals surface area (Å²) >= 11 is 0. The number of H-pyrrole nitrogens is 1. The van der Waals surface area contributed by atoms with Gasteiger partial charge in [0.15, 0.2) is 0 Å². The lowest BCUT2D eigenvalue weighted by Gasteiger charge is -2.31. The fourth-order valence-corrected chi connectivity index (χ4v) is 3.21. The topological polar surface area (TPSA) is 81.2 Å². The lowest BCUT2D eigenvalue weighted by molar-refractivity contribution is -0.121. The van der Waals surface area contributed by atoms with Crippen LogP contribution in [0.15, 0.2) is 24.3 Å². The van der Waals surface area contributed by atoms with E-state index in [1.807, 2.05) is 24.3 Å². The number of likely N-dealkylation sites (tertiary alicyclic amines) is 1. The van der Waals surface area contributed by atoms with Crippen LogP contribution < -0.4 is 5.32 Å². The molecule has 3 rings (SSSR count). The summed E-state index contributed by atoms with van der Waals surface area (Å²) in [5.41, 5.74) is 1.67. The number of aromatic nitrogens is 2. The summed E-state index contributed by atoms with van der Waals surface area (Å²) in [6, 6.07) is 7.72. The molecule has 24 heavy (non-hydrogen) atoms. The Morgan fingerprint density at radius 2 is 2.17 bits per heavy atom. The molecule has 0 bridgehead atoms. The van der Waals surface area contributed by atoms with Crippen molar-refractivity contribution in [3.8, 4) is 0 Å². The van der Waals surface area contributed by atoms with Crippen molar-refractivity contribution < 1.29 is 9.90 Å². The van der Waals surface area contributed by atoms with Crippen LogP contribution in [0.2, 0.25) is 0 Å². The van der Waals surface area contributed by atoms with Crippen LogP contribution in [0, 0.1) is 5.92 Å². The van der Waals surface area contributed by atoms with E-state index in [1.54, 1.807) is 0 Å². The summed E-state index contributed by atoms with van der Waals surface area (Å²) in [7, 11) is 0. The first-order valence-electron chi connectivity index (χ1n) is 8.71. The number of nitrogens with one attached hydrogen (secondary N) is 2. The van der Waals surface area contributed by atoms with Crippen LogP contribution in [0.5, 0.6) is 0 Å². The molecule has 130 valence electrons. The first-order valence-corrected chi connectivity index (χ1v) is 8.71. The number of carbonyl (C=O) groups is 1. The van der Waals surface area contributed by atoms with Gasteiger partial charge in [0.25, 0.3) is 0 Å². The number of fused-ring (bicyclic) bond motifs is 1. The third kappa shape index (κ3) is 4.33. The van der Waals surface area contributed by atoms with Gasteiger partial charge in [-0.15, -0.1) is 0 Å². The predicted octanol–water partition coefficient (Wildman–Crippen LogP) is 1.31. The molecule has 1 aromatic heterocycles. The number of piperidine rings is 1. The van der Waals surface area contributed by atoms with Crippen LogP contribution in [0.1, 0.15) is 25.5 Å². The average Bonchev–Trinajstić information content (AvgIpc) is 2.98. The van der Waals surface area contributed by atoms with E-state index < -0.39 is 6.10 Å². The van der Waals surface area contributed by atoms with E-state index in [-0.39, 0.29) is 18.9 Å². The predicted molar refractivity (Wildman–Crippen MR) is 93.7 cm³/mol. The van der Waals surface area contributed by atoms with Crippen LogP contribution >= 0.6 is 0 Å². The van der Waals surface area contributed by atoms with Crippen molar-refractivity contribution >= 4 is 16.8 Å². The maximum Gasteiger partial charge on any atom is 0.226 e. The summed E-state index contributed by atoms with van der Waals surface area (Å²) in [5, 5.41) is 21.0. The molecule has 6 heteroatoms. The quantitative estimate of drug-likeness (QED) is 0.746. The lowest BCUT2D eigenvalue weighted by atomic mass is 9.99. The van der Waals surface area contributed by atoms with Gasteiger partial charge in [0.05, 0.1) is 23.7 Å². The normalized spacial score (nSPS) is 17.9. The van der Waals surface area contributed by atoms with E-state index in [0.717, 1.165) is 35.6 Å². The number of hydrogen-bond donors (Lipinski definition) is 3. The monoisotopic (exact) mass is 330 g/mol. The average molecular weight is 330 g/mol. The summed E-state index contributed by atoms with van der Waals surface area (Å²) < 4.78 is 0. The Kier molecular flexibility index (Phi) is 5.48. The van der Waals surface area contributed by atoms with Crippen LogP contribution in [-0.4, -0.2) is 58.4 Å². The molecular weight excluding hydrogens is 304 g/mol. The van der Waals surface area contributed by atoms with Gasteiger partial charge in [-0.3, -0.25) is 9.89 Å². The van der Waals surface area contributed by atoms with Crippen LogP contribution in [-0.2, 0) is 11.2 Å². The Hall–Kier alpha value is -1.92. The number of nitrogens with zero attached hydrogens (tertiary/aromatic N) is 2. The van der Waals surface area contributed by atoms with Gasteiger partial charge in [-0.2, -0.15) is 5.10 Å². The largest absolute Gasteiger partial charge is 0.390 e. The molecule has 1 fully saturated rings. The third-order valence-corrected chi connectivity index (χ3v) is 4.76. The lowest BCUT2D eigenvalue weighted by Crippen LogP contribution is -2.43. The molecule has 3 N–H and O–H groups in total. The first-order chi connectivity index (χ1) is 11.6. The second kappa shape index (κ2) is 7.77. The van der Waals surface area contributed by atoms with Gasteiger partial charge in [-0.05, 0) is 37.9 Å². The number of β-amino-alcohol motifs (C(OH)–C–C–N with tert-alkyl or cyclic N) is 1. The molecule has 0 saturated carbocycles. The molecule has 2 heterocycles. The maximum atomic E-state index is 12.1. The van der Waals surface area contributed by atoms with E-state index >= 15 is 0 Å².